The number of benzene rings is 2. The van der Waals surface area contributed by atoms with Crippen LogP contribution in [0, 0.1) is 0 Å². The lowest BCUT2D eigenvalue weighted by molar-refractivity contribution is -0.137. The third kappa shape index (κ3) is 2.51. The maximum absolute atomic E-state index is 12.7. The van der Waals surface area contributed by atoms with Crippen LogP contribution in [0.2, 0.25) is 0 Å². The van der Waals surface area contributed by atoms with Gasteiger partial charge in [-0.1, -0.05) is 18.2 Å². The molecule has 0 fully saturated rings. The first kappa shape index (κ1) is 14.7. The normalized spacial score (nSPS) is 13.6. The van der Waals surface area contributed by atoms with Gasteiger partial charge in [0.1, 0.15) is 18.7 Å². The van der Waals surface area contributed by atoms with E-state index in [2.05, 4.69) is 10.2 Å². The van der Waals surface area contributed by atoms with Gasteiger partial charge in [-0.2, -0.15) is 13.2 Å². The second kappa shape index (κ2) is 5.36. The molecule has 0 unspecified atom stereocenters. The van der Waals surface area contributed by atoms with E-state index in [1.54, 1.807) is 6.33 Å². The van der Waals surface area contributed by atoms with Crippen molar-refractivity contribution in [3.63, 3.8) is 0 Å². The van der Waals surface area contributed by atoms with E-state index in [1.807, 2.05) is 22.8 Å². The van der Waals surface area contributed by atoms with Gasteiger partial charge in [0.15, 0.2) is 5.82 Å². The highest BCUT2D eigenvalue weighted by atomic mass is 19.4. The Hall–Kier alpha value is -2.83. The quantitative estimate of drug-likeness (QED) is 0.676. The summed E-state index contributed by atoms with van der Waals surface area (Å²) < 4.78 is 45.7. The number of hydrogen-bond acceptors (Lipinski definition) is 3. The largest absolute Gasteiger partial charge is 0.491 e. The lowest BCUT2D eigenvalue weighted by atomic mass is 10.0. The summed E-state index contributed by atoms with van der Waals surface area (Å²) in [6.45, 7) is 1.16. The number of nitrogens with zero attached hydrogens (tertiary/aromatic N) is 3. The minimum atomic E-state index is -4.34. The molecule has 4 nitrogen and oxygen atoms in total. The predicted octanol–water partition coefficient (Wildman–Crippen LogP) is 4.02. The van der Waals surface area contributed by atoms with Gasteiger partial charge in [0.05, 0.1) is 17.7 Å². The average molecular weight is 331 g/mol. The van der Waals surface area contributed by atoms with Crippen LogP contribution in [0.5, 0.6) is 5.75 Å². The van der Waals surface area contributed by atoms with E-state index in [1.165, 1.54) is 12.1 Å². The van der Waals surface area contributed by atoms with Crippen molar-refractivity contribution >= 4 is 0 Å². The Morgan fingerprint density at radius 1 is 1.00 bits per heavy atom. The Kier molecular flexibility index (Phi) is 3.30. The average Bonchev–Trinajstić information content (AvgIpc) is 2.96. The molecule has 4 rings (SSSR count). The SMILES string of the molecule is FC(F)(F)c1ccc(-c2ccc3c(c2)-c2nncn2CCO3)cc1. The molecule has 122 valence electrons. The standard InChI is InChI=1S/C17H12F3N3O/c18-17(19,20)13-4-1-11(2-5-13)12-3-6-15-14(9-12)16-22-21-10-23(16)7-8-24-15/h1-6,9-10H,7-8H2. The summed E-state index contributed by atoms with van der Waals surface area (Å²) in [4.78, 5) is 0. The van der Waals surface area contributed by atoms with Crippen LogP contribution >= 0.6 is 0 Å². The van der Waals surface area contributed by atoms with Crippen LogP contribution in [0.1, 0.15) is 5.56 Å². The summed E-state index contributed by atoms with van der Waals surface area (Å²) in [5.74, 6) is 1.38. The Balaban J connectivity index is 1.77. The van der Waals surface area contributed by atoms with Crippen molar-refractivity contribution in [2.24, 2.45) is 0 Å². The minimum absolute atomic E-state index is 0.512. The maximum atomic E-state index is 12.7. The number of hydrogen-bond donors (Lipinski definition) is 0. The van der Waals surface area contributed by atoms with Gasteiger partial charge >= 0.3 is 6.18 Å². The van der Waals surface area contributed by atoms with Gasteiger partial charge in [0, 0.05) is 0 Å². The topological polar surface area (TPSA) is 39.9 Å². The van der Waals surface area contributed by atoms with Gasteiger partial charge in [-0.05, 0) is 35.4 Å². The van der Waals surface area contributed by atoms with Crippen molar-refractivity contribution in [3.05, 3.63) is 54.4 Å². The van der Waals surface area contributed by atoms with Crippen LogP contribution in [0.25, 0.3) is 22.5 Å². The first-order valence-electron chi connectivity index (χ1n) is 7.35. The van der Waals surface area contributed by atoms with Gasteiger partial charge in [-0.3, -0.25) is 0 Å². The summed E-state index contributed by atoms with van der Waals surface area (Å²) in [5, 5.41) is 8.04. The van der Waals surface area contributed by atoms with Crippen LogP contribution < -0.4 is 4.74 Å². The molecule has 1 aliphatic rings. The molecule has 0 aliphatic carbocycles. The van der Waals surface area contributed by atoms with E-state index in [-0.39, 0.29) is 0 Å². The molecule has 0 radical (unpaired) electrons. The summed E-state index contributed by atoms with van der Waals surface area (Å²) in [5.41, 5.74) is 1.61. The van der Waals surface area contributed by atoms with E-state index < -0.39 is 11.7 Å². The monoisotopic (exact) mass is 331 g/mol. The summed E-state index contributed by atoms with van der Waals surface area (Å²) in [6, 6.07) is 10.6. The molecule has 3 aromatic rings. The lowest BCUT2D eigenvalue weighted by Gasteiger charge is -2.10. The number of ether oxygens (including phenoxy) is 1. The predicted molar refractivity (Wildman–Crippen MR) is 81.4 cm³/mol. The zero-order chi connectivity index (χ0) is 16.7. The fourth-order valence-corrected chi connectivity index (χ4v) is 2.74. The molecule has 0 spiro atoms. The van der Waals surface area contributed by atoms with E-state index >= 15 is 0 Å². The van der Waals surface area contributed by atoms with E-state index in [0.717, 1.165) is 23.3 Å². The minimum Gasteiger partial charge on any atom is -0.491 e. The first-order chi connectivity index (χ1) is 11.5. The van der Waals surface area contributed by atoms with Crippen LogP contribution in [0.3, 0.4) is 0 Å². The highest BCUT2D eigenvalue weighted by Gasteiger charge is 2.30. The number of aromatic nitrogens is 3. The summed E-state index contributed by atoms with van der Waals surface area (Å²) >= 11 is 0. The van der Waals surface area contributed by atoms with Crippen molar-refractivity contribution < 1.29 is 17.9 Å². The molecule has 7 heteroatoms. The first-order valence-corrected chi connectivity index (χ1v) is 7.35. The van der Waals surface area contributed by atoms with Gasteiger partial charge in [0.2, 0.25) is 0 Å². The second-order valence-electron chi connectivity index (χ2n) is 5.48. The molecule has 0 N–H and O–H groups in total. The number of fused-ring (bicyclic) bond motifs is 3. The molecule has 0 bridgehead atoms. The van der Waals surface area contributed by atoms with Crippen molar-refractivity contribution in [1.82, 2.24) is 14.8 Å². The molecule has 1 aliphatic heterocycles. The molecule has 0 saturated carbocycles. The zero-order valence-electron chi connectivity index (χ0n) is 12.4. The Bertz CT molecular complexity index is 885. The summed E-state index contributed by atoms with van der Waals surface area (Å²) in [7, 11) is 0. The fraction of sp³-hybridized carbons (Fsp3) is 0.176. The Labute approximate surface area is 135 Å². The second-order valence-corrected chi connectivity index (χ2v) is 5.48. The molecule has 1 aromatic heterocycles. The highest BCUT2D eigenvalue weighted by molar-refractivity contribution is 5.75. The summed E-state index contributed by atoms with van der Waals surface area (Å²) in [6.07, 6.45) is -2.70. The lowest BCUT2D eigenvalue weighted by Crippen LogP contribution is -2.04. The Morgan fingerprint density at radius 2 is 1.75 bits per heavy atom. The molecule has 0 saturated heterocycles. The van der Waals surface area contributed by atoms with E-state index in [0.29, 0.717) is 30.3 Å². The van der Waals surface area contributed by atoms with Crippen LogP contribution in [-0.4, -0.2) is 21.4 Å². The van der Waals surface area contributed by atoms with Crippen LogP contribution in [0.15, 0.2) is 48.8 Å². The molecular formula is C17H12F3N3O. The van der Waals surface area contributed by atoms with Gasteiger partial charge in [0.25, 0.3) is 0 Å². The fourth-order valence-electron chi connectivity index (χ4n) is 2.74. The third-order valence-electron chi connectivity index (χ3n) is 3.97. The van der Waals surface area contributed by atoms with Crippen molar-refractivity contribution in [2.75, 3.05) is 6.61 Å². The Morgan fingerprint density at radius 3 is 2.50 bits per heavy atom. The number of rotatable bonds is 1. The third-order valence-corrected chi connectivity index (χ3v) is 3.97. The molecule has 0 atom stereocenters. The van der Waals surface area contributed by atoms with Crippen molar-refractivity contribution in [3.8, 4) is 28.3 Å². The van der Waals surface area contributed by atoms with Gasteiger partial charge in [-0.15, -0.1) is 10.2 Å². The molecule has 0 amide bonds. The molecule has 2 aromatic carbocycles. The zero-order valence-corrected chi connectivity index (χ0v) is 12.4. The van der Waals surface area contributed by atoms with Gasteiger partial charge < -0.3 is 9.30 Å². The van der Waals surface area contributed by atoms with Gasteiger partial charge in [-0.25, -0.2) is 0 Å². The van der Waals surface area contributed by atoms with E-state index in [4.69, 9.17) is 4.74 Å². The van der Waals surface area contributed by atoms with Crippen LogP contribution in [-0.2, 0) is 12.7 Å². The number of halogens is 3. The molecule has 24 heavy (non-hydrogen) atoms. The van der Waals surface area contributed by atoms with Crippen molar-refractivity contribution in [1.29, 1.82) is 0 Å². The van der Waals surface area contributed by atoms with Crippen molar-refractivity contribution in [2.45, 2.75) is 12.7 Å². The van der Waals surface area contributed by atoms with Crippen LogP contribution in [0.4, 0.5) is 13.2 Å². The smallest absolute Gasteiger partial charge is 0.416 e. The molecule has 2 heterocycles. The number of alkyl halides is 3. The molecular weight excluding hydrogens is 319 g/mol. The maximum Gasteiger partial charge on any atom is 0.416 e. The highest BCUT2D eigenvalue weighted by Crippen LogP contribution is 2.36. The van der Waals surface area contributed by atoms with E-state index in [9.17, 15) is 13.2 Å².